The minimum atomic E-state index is -0.728. The fraction of sp³-hybridized carbons (Fsp3) is 0.417. The summed E-state index contributed by atoms with van der Waals surface area (Å²) in [5.41, 5.74) is 0.416. The molecule has 104 valence electrons. The lowest BCUT2D eigenvalue weighted by Crippen LogP contribution is -2.42. The predicted molar refractivity (Wildman–Crippen MR) is 67.6 cm³/mol. The second kappa shape index (κ2) is 6.81. The summed E-state index contributed by atoms with van der Waals surface area (Å²) in [4.78, 5) is 22.0. The molecule has 0 fully saturated rings. The van der Waals surface area contributed by atoms with Crippen LogP contribution in [0.4, 0.5) is 5.69 Å². The third-order valence-electron chi connectivity index (χ3n) is 2.76. The number of hydrogen-bond acceptors (Lipinski definition) is 5. The topological polar surface area (TPSA) is 113 Å². The largest absolute Gasteiger partial charge is 0.394 e. The molecule has 3 N–H and O–H groups in total. The maximum absolute atomic E-state index is 11.8. The van der Waals surface area contributed by atoms with Crippen molar-refractivity contribution in [2.45, 2.75) is 18.9 Å². The molecule has 7 heteroatoms. The number of benzene rings is 1. The highest BCUT2D eigenvalue weighted by Crippen LogP contribution is 2.20. The Kier molecular flexibility index (Phi) is 5.40. The van der Waals surface area contributed by atoms with Crippen molar-refractivity contribution in [3.8, 4) is 0 Å². The van der Waals surface area contributed by atoms with Crippen molar-refractivity contribution in [1.82, 2.24) is 5.32 Å². The molecule has 19 heavy (non-hydrogen) atoms. The van der Waals surface area contributed by atoms with Gasteiger partial charge in [-0.15, -0.1) is 0 Å². The van der Waals surface area contributed by atoms with Crippen molar-refractivity contribution in [1.29, 1.82) is 0 Å². The van der Waals surface area contributed by atoms with Gasteiger partial charge in [-0.05, 0) is 12.5 Å². The number of nitro groups is 1. The summed E-state index contributed by atoms with van der Waals surface area (Å²) in [6.45, 7) is 0.855. The Balaban J connectivity index is 2.81. The summed E-state index contributed by atoms with van der Waals surface area (Å²) in [7, 11) is 0. The van der Waals surface area contributed by atoms with Gasteiger partial charge in [-0.2, -0.15) is 0 Å². The zero-order chi connectivity index (χ0) is 14.4. The molecular formula is C12H16N2O5. The Labute approximate surface area is 110 Å². The van der Waals surface area contributed by atoms with E-state index in [-0.39, 0.29) is 18.9 Å². The molecule has 1 aromatic carbocycles. The number of aliphatic hydroxyl groups is 2. The Morgan fingerprint density at radius 2 is 2.05 bits per heavy atom. The third-order valence-corrected chi connectivity index (χ3v) is 2.76. The number of hydrogen-bond donors (Lipinski definition) is 3. The van der Waals surface area contributed by atoms with Crippen LogP contribution in [0.3, 0.4) is 0 Å². The lowest BCUT2D eigenvalue weighted by molar-refractivity contribution is -0.384. The third kappa shape index (κ3) is 4.01. The van der Waals surface area contributed by atoms with Crippen LogP contribution in [-0.4, -0.2) is 40.3 Å². The molecule has 7 nitrogen and oxygen atoms in total. The van der Waals surface area contributed by atoms with Gasteiger partial charge in [-0.1, -0.05) is 12.1 Å². The Hall–Kier alpha value is -1.99. The lowest BCUT2D eigenvalue weighted by Gasteiger charge is -2.17. The highest BCUT2D eigenvalue weighted by atomic mass is 16.6. The number of amides is 1. The molecule has 1 aromatic rings. The molecule has 0 saturated heterocycles. The minimum absolute atomic E-state index is 0.0852. The quantitative estimate of drug-likeness (QED) is 0.502. The van der Waals surface area contributed by atoms with Crippen LogP contribution in [0, 0.1) is 10.1 Å². The van der Waals surface area contributed by atoms with E-state index in [1.165, 1.54) is 18.2 Å². The summed E-state index contributed by atoms with van der Waals surface area (Å²) in [6, 6.07) is 5.07. The molecule has 0 spiro atoms. The number of rotatable bonds is 6. The van der Waals surface area contributed by atoms with Crippen LogP contribution in [0.2, 0.25) is 0 Å². The van der Waals surface area contributed by atoms with Gasteiger partial charge in [0.05, 0.1) is 30.1 Å². The van der Waals surface area contributed by atoms with Crippen molar-refractivity contribution in [3.63, 3.8) is 0 Å². The molecule has 0 aromatic heterocycles. The zero-order valence-corrected chi connectivity index (χ0v) is 10.4. The average molecular weight is 268 g/mol. The molecule has 0 aliphatic heterocycles. The predicted octanol–water partition coefficient (Wildman–Crippen LogP) is 0.168. The maximum Gasteiger partial charge on any atom is 0.269 e. The van der Waals surface area contributed by atoms with Crippen LogP contribution < -0.4 is 5.32 Å². The van der Waals surface area contributed by atoms with E-state index in [1.807, 2.05) is 0 Å². The summed E-state index contributed by atoms with van der Waals surface area (Å²) >= 11 is 0. The number of nitrogens with one attached hydrogen (secondary N) is 1. The molecule has 0 aliphatic carbocycles. The van der Waals surface area contributed by atoms with Crippen LogP contribution in [0.15, 0.2) is 24.3 Å². The number of carbonyl (C=O) groups excluding carboxylic acids is 1. The maximum atomic E-state index is 11.8. The van der Waals surface area contributed by atoms with E-state index in [1.54, 1.807) is 13.0 Å². The van der Waals surface area contributed by atoms with Crippen molar-refractivity contribution < 1.29 is 19.9 Å². The van der Waals surface area contributed by atoms with Gasteiger partial charge in [0.25, 0.3) is 5.69 Å². The van der Waals surface area contributed by atoms with E-state index in [2.05, 4.69) is 5.32 Å². The zero-order valence-electron chi connectivity index (χ0n) is 10.4. The highest BCUT2D eigenvalue weighted by Gasteiger charge is 2.20. The fourth-order valence-electron chi connectivity index (χ4n) is 1.53. The van der Waals surface area contributed by atoms with E-state index in [0.717, 1.165) is 0 Å². The second-order valence-electron chi connectivity index (χ2n) is 4.14. The monoisotopic (exact) mass is 268 g/mol. The molecule has 1 amide bonds. The van der Waals surface area contributed by atoms with Gasteiger partial charge >= 0.3 is 0 Å². The first kappa shape index (κ1) is 15.1. The summed E-state index contributed by atoms with van der Waals surface area (Å²) in [5, 5.41) is 30.9. The molecule has 0 heterocycles. The van der Waals surface area contributed by atoms with Crippen LogP contribution in [0.5, 0.6) is 0 Å². The Morgan fingerprint density at radius 1 is 1.42 bits per heavy atom. The molecule has 0 aliphatic rings. The standard InChI is InChI=1S/C12H16N2O5/c1-8(12(17)13-10(6-15)7-16)9-3-2-4-11(5-9)14(18)19/h2-5,8,10,15-16H,6-7H2,1H3,(H,13,17). The van der Waals surface area contributed by atoms with E-state index >= 15 is 0 Å². The van der Waals surface area contributed by atoms with Crippen LogP contribution in [0.25, 0.3) is 0 Å². The van der Waals surface area contributed by atoms with Gasteiger partial charge in [0.1, 0.15) is 0 Å². The molecule has 1 atom stereocenters. The molecule has 1 rings (SSSR count). The van der Waals surface area contributed by atoms with Crippen molar-refractivity contribution in [3.05, 3.63) is 39.9 Å². The van der Waals surface area contributed by atoms with Crippen molar-refractivity contribution >= 4 is 11.6 Å². The summed E-state index contributed by atoms with van der Waals surface area (Å²) in [6.07, 6.45) is 0. The van der Waals surface area contributed by atoms with Crippen LogP contribution in [-0.2, 0) is 4.79 Å². The van der Waals surface area contributed by atoms with Crippen LogP contribution >= 0.6 is 0 Å². The van der Waals surface area contributed by atoms with Gasteiger partial charge in [0, 0.05) is 12.1 Å². The highest BCUT2D eigenvalue weighted by molar-refractivity contribution is 5.83. The molecule has 0 saturated carbocycles. The summed E-state index contributed by atoms with van der Waals surface area (Å²) in [5.74, 6) is -1.02. The first-order valence-corrected chi connectivity index (χ1v) is 5.76. The van der Waals surface area contributed by atoms with Gasteiger partial charge in [-0.25, -0.2) is 0 Å². The number of non-ortho nitro benzene ring substituents is 1. The SMILES string of the molecule is CC(C(=O)NC(CO)CO)c1cccc([N+](=O)[O-])c1. The fourth-order valence-corrected chi connectivity index (χ4v) is 1.53. The van der Waals surface area contributed by atoms with Gasteiger partial charge in [0.2, 0.25) is 5.91 Å². The average Bonchev–Trinajstić information content (AvgIpc) is 2.43. The smallest absolute Gasteiger partial charge is 0.269 e. The number of aliphatic hydroxyl groups excluding tert-OH is 2. The molecule has 0 bridgehead atoms. The minimum Gasteiger partial charge on any atom is -0.394 e. The van der Waals surface area contributed by atoms with Crippen LogP contribution in [0.1, 0.15) is 18.4 Å². The molecular weight excluding hydrogens is 252 g/mol. The van der Waals surface area contributed by atoms with Gasteiger partial charge < -0.3 is 15.5 Å². The summed E-state index contributed by atoms with van der Waals surface area (Å²) < 4.78 is 0. The molecule has 0 radical (unpaired) electrons. The molecule has 1 unspecified atom stereocenters. The Bertz CT molecular complexity index is 459. The number of nitro benzene ring substituents is 1. The van der Waals surface area contributed by atoms with E-state index in [0.29, 0.717) is 5.56 Å². The van der Waals surface area contributed by atoms with E-state index in [9.17, 15) is 14.9 Å². The number of nitrogens with zero attached hydrogens (tertiary/aromatic N) is 1. The first-order chi connectivity index (χ1) is 8.99. The number of carbonyl (C=O) groups is 1. The normalized spacial score (nSPS) is 12.2. The lowest BCUT2D eigenvalue weighted by atomic mass is 9.99. The van der Waals surface area contributed by atoms with Crippen molar-refractivity contribution in [2.75, 3.05) is 13.2 Å². The van der Waals surface area contributed by atoms with Crippen molar-refractivity contribution in [2.24, 2.45) is 0 Å². The Morgan fingerprint density at radius 3 is 2.58 bits per heavy atom. The van der Waals surface area contributed by atoms with Gasteiger partial charge in [-0.3, -0.25) is 14.9 Å². The first-order valence-electron chi connectivity index (χ1n) is 5.76. The van der Waals surface area contributed by atoms with E-state index in [4.69, 9.17) is 10.2 Å². The second-order valence-corrected chi connectivity index (χ2v) is 4.14. The van der Waals surface area contributed by atoms with E-state index < -0.39 is 22.8 Å². The van der Waals surface area contributed by atoms with Gasteiger partial charge in [0.15, 0.2) is 0 Å².